The minimum atomic E-state index is -4.79. The number of morpholine rings is 1. The molecule has 2 heterocycles. The van der Waals surface area contributed by atoms with Crippen molar-refractivity contribution in [2.24, 2.45) is 0 Å². The van der Waals surface area contributed by atoms with Crippen molar-refractivity contribution in [1.29, 1.82) is 0 Å². The maximum atomic E-state index is 14.1. The highest BCUT2D eigenvalue weighted by Gasteiger charge is 2.35. The van der Waals surface area contributed by atoms with Crippen LogP contribution in [0.1, 0.15) is 21.5 Å². The average Bonchev–Trinajstić information content (AvgIpc) is 2.92. The number of rotatable bonds is 9. The molecule has 1 amide bonds. The van der Waals surface area contributed by atoms with Crippen molar-refractivity contribution in [3.8, 4) is 5.75 Å². The lowest BCUT2D eigenvalue weighted by molar-refractivity contribution is -0.137. The van der Waals surface area contributed by atoms with Crippen LogP contribution >= 0.6 is 0 Å². The Morgan fingerprint density at radius 1 is 1.00 bits per heavy atom. The number of methoxy groups -OCH3 is 2. The number of carbonyl (C=O) groups excluding carboxylic acids is 1. The van der Waals surface area contributed by atoms with E-state index in [2.05, 4.69) is 9.80 Å². The zero-order valence-corrected chi connectivity index (χ0v) is 22.6. The molecule has 0 bridgehead atoms. The summed E-state index contributed by atoms with van der Waals surface area (Å²) in [6.07, 6.45) is -4.47. The topological polar surface area (TPSA) is 54.5 Å². The lowest BCUT2D eigenvalue weighted by Gasteiger charge is -2.42. The third-order valence-corrected chi connectivity index (χ3v) is 7.29. The molecule has 0 radical (unpaired) electrons. The largest absolute Gasteiger partial charge is 0.494 e. The van der Waals surface area contributed by atoms with Crippen LogP contribution in [0.5, 0.6) is 5.75 Å². The maximum absolute atomic E-state index is 14.1. The third kappa shape index (κ3) is 7.68. The molecule has 7 nitrogen and oxygen atoms in total. The number of hydrogen-bond acceptors (Lipinski definition) is 6. The van der Waals surface area contributed by atoms with Crippen molar-refractivity contribution in [1.82, 2.24) is 14.7 Å². The quantitative estimate of drug-likeness (QED) is 0.428. The Hall–Kier alpha value is -2.80. The Morgan fingerprint density at radius 3 is 2.45 bits per heavy atom. The highest BCUT2D eigenvalue weighted by atomic mass is 19.4. The van der Waals surface area contributed by atoms with Gasteiger partial charge < -0.3 is 19.1 Å². The van der Waals surface area contributed by atoms with Gasteiger partial charge in [-0.1, -0.05) is 6.07 Å². The smallest absolute Gasteiger partial charge is 0.416 e. The van der Waals surface area contributed by atoms with Gasteiger partial charge in [0.1, 0.15) is 5.82 Å². The molecular formula is C28H34F5N3O4. The number of carbonyl (C=O) groups is 1. The molecule has 2 saturated heterocycles. The monoisotopic (exact) mass is 571 g/mol. The second-order valence-electron chi connectivity index (χ2n) is 10.1. The van der Waals surface area contributed by atoms with Gasteiger partial charge in [-0.15, -0.1) is 0 Å². The first-order chi connectivity index (χ1) is 19.1. The molecule has 220 valence electrons. The Bertz CT molecular complexity index is 1160. The van der Waals surface area contributed by atoms with Crippen molar-refractivity contribution in [2.45, 2.75) is 24.7 Å². The van der Waals surface area contributed by atoms with Crippen LogP contribution in [0.2, 0.25) is 0 Å². The van der Waals surface area contributed by atoms with E-state index in [9.17, 15) is 26.7 Å². The molecule has 0 aromatic heterocycles. The average molecular weight is 572 g/mol. The van der Waals surface area contributed by atoms with Gasteiger partial charge in [0.2, 0.25) is 0 Å². The molecule has 4 rings (SSSR count). The Kier molecular flexibility index (Phi) is 9.99. The van der Waals surface area contributed by atoms with Crippen LogP contribution in [0.25, 0.3) is 0 Å². The number of piperazine rings is 1. The van der Waals surface area contributed by atoms with Gasteiger partial charge in [-0.25, -0.2) is 8.78 Å². The first-order valence-corrected chi connectivity index (χ1v) is 13.1. The zero-order valence-electron chi connectivity index (χ0n) is 22.6. The first kappa shape index (κ1) is 30.2. The van der Waals surface area contributed by atoms with Crippen LogP contribution in [0.4, 0.5) is 22.0 Å². The molecule has 2 atom stereocenters. The number of amides is 1. The molecule has 2 aliphatic heterocycles. The summed E-state index contributed by atoms with van der Waals surface area (Å²) in [7, 11) is 2.99. The predicted octanol–water partition coefficient (Wildman–Crippen LogP) is 3.71. The number of nitrogens with zero attached hydrogens (tertiary/aromatic N) is 3. The van der Waals surface area contributed by atoms with E-state index in [4.69, 9.17) is 14.2 Å². The number of ether oxygens (including phenoxy) is 3. The first-order valence-electron chi connectivity index (χ1n) is 13.1. The third-order valence-electron chi connectivity index (χ3n) is 7.29. The van der Waals surface area contributed by atoms with Crippen LogP contribution in [-0.4, -0.2) is 106 Å². The van der Waals surface area contributed by atoms with Crippen molar-refractivity contribution in [3.05, 3.63) is 64.7 Å². The van der Waals surface area contributed by atoms with Crippen molar-refractivity contribution in [3.63, 3.8) is 0 Å². The second kappa shape index (κ2) is 13.2. The summed E-state index contributed by atoms with van der Waals surface area (Å²) >= 11 is 0. The molecule has 2 aliphatic rings. The lowest BCUT2D eigenvalue weighted by Crippen LogP contribution is -2.57. The Balaban J connectivity index is 1.52. The molecule has 40 heavy (non-hydrogen) atoms. The molecule has 12 heteroatoms. The zero-order chi connectivity index (χ0) is 28.9. The van der Waals surface area contributed by atoms with Gasteiger partial charge in [0.25, 0.3) is 5.91 Å². The molecular weight excluding hydrogens is 537 g/mol. The molecule has 0 N–H and O–H groups in total. The summed E-state index contributed by atoms with van der Waals surface area (Å²) < 4.78 is 84.1. The SMILES string of the molecule is COC[C@@H]1CN(CCN2CCN(C(=O)c3cc(F)cc(C(F)(F)F)c3)[C@H](Cc3ccc(F)c(OC)c3)C2)CCO1. The van der Waals surface area contributed by atoms with E-state index in [1.54, 1.807) is 19.2 Å². The van der Waals surface area contributed by atoms with E-state index in [1.165, 1.54) is 18.1 Å². The fraction of sp³-hybridized carbons (Fsp3) is 0.536. The molecule has 2 aromatic rings. The Morgan fingerprint density at radius 2 is 1.75 bits per heavy atom. The van der Waals surface area contributed by atoms with Crippen LogP contribution in [-0.2, 0) is 22.1 Å². The van der Waals surface area contributed by atoms with E-state index in [0.717, 1.165) is 25.7 Å². The van der Waals surface area contributed by atoms with Crippen LogP contribution in [0, 0.1) is 11.6 Å². The maximum Gasteiger partial charge on any atom is 0.416 e. The fourth-order valence-corrected chi connectivity index (χ4v) is 5.26. The highest BCUT2D eigenvalue weighted by Crippen LogP contribution is 2.31. The van der Waals surface area contributed by atoms with E-state index in [0.29, 0.717) is 57.0 Å². The van der Waals surface area contributed by atoms with Gasteiger partial charge in [0, 0.05) is 64.5 Å². The molecule has 2 fully saturated rings. The van der Waals surface area contributed by atoms with E-state index >= 15 is 0 Å². The fourth-order valence-electron chi connectivity index (χ4n) is 5.26. The van der Waals surface area contributed by atoms with Crippen molar-refractivity contribution >= 4 is 5.91 Å². The van der Waals surface area contributed by atoms with Gasteiger partial charge in [-0.2, -0.15) is 13.2 Å². The number of halogens is 5. The number of hydrogen-bond donors (Lipinski definition) is 0. The summed E-state index contributed by atoms with van der Waals surface area (Å²) in [5.74, 6) is -2.28. The second-order valence-corrected chi connectivity index (χ2v) is 10.1. The van der Waals surface area contributed by atoms with Gasteiger partial charge in [-0.3, -0.25) is 14.6 Å². The summed E-state index contributed by atoms with van der Waals surface area (Å²) in [6, 6.07) is 5.86. The van der Waals surface area contributed by atoms with E-state index < -0.39 is 35.3 Å². The molecule has 0 spiro atoms. The van der Waals surface area contributed by atoms with Crippen molar-refractivity contribution in [2.75, 3.05) is 73.2 Å². The van der Waals surface area contributed by atoms with Crippen LogP contribution in [0.3, 0.4) is 0 Å². The number of alkyl halides is 3. The molecule has 0 aliphatic carbocycles. The molecule has 2 aromatic carbocycles. The van der Waals surface area contributed by atoms with E-state index in [-0.39, 0.29) is 24.0 Å². The summed E-state index contributed by atoms with van der Waals surface area (Å²) in [5.41, 5.74) is -0.875. The highest BCUT2D eigenvalue weighted by molar-refractivity contribution is 5.94. The summed E-state index contributed by atoms with van der Waals surface area (Å²) in [4.78, 5) is 19.4. The van der Waals surface area contributed by atoms with Gasteiger partial charge >= 0.3 is 6.18 Å². The summed E-state index contributed by atoms with van der Waals surface area (Å²) in [5, 5.41) is 0. The normalized spacial score (nSPS) is 21.0. The standard InChI is InChI=1S/C28H34F5N3O4/c1-38-18-24-17-35(9-10-40-24)6-5-34-7-8-36(23(16-34)11-19-3-4-25(30)26(12-19)39-2)27(37)20-13-21(28(31,32)33)15-22(29)14-20/h3-4,12-15,23-24H,5-11,16-18H2,1-2H3/t23-,24+/m1/s1. The van der Waals surface area contributed by atoms with Crippen molar-refractivity contribution < 1.29 is 41.0 Å². The number of benzene rings is 2. The molecule has 0 unspecified atom stereocenters. The minimum absolute atomic E-state index is 0.00211. The summed E-state index contributed by atoms with van der Waals surface area (Å²) in [6.45, 7) is 5.33. The van der Waals surface area contributed by atoms with E-state index in [1.807, 2.05) is 0 Å². The van der Waals surface area contributed by atoms with Gasteiger partial charge in [0.15, 0.2) is 11.6 Å². The van der Waals surface area contributed by atoms with Crippen LogP contribution in [0.15, 0.2) is 36.4 Å². The predicted molar refractivity (Wildman–Crippen MR) is 137 cm³/mol. The van der Waals surface area contributed by atoms with Gasteiger partial charge in [-0.05, 0) is 42.3 Å². The molecule has 0 saturated carbocycles. The lowest BCUT2D eigenvalue weighted by atomic mass is 9.99. The Labute approximate surface area is 230 Å². The van der Waals surface area contributed by atoms with Crippen LogP contribution < -0.4 is 4.74 Å². The minimum Gasteiger partial charge on any atom is -0.494 e. The van der Waals surface area contributed by atoms with Gasteiger partial charge in [0.05, 0.1) is 32.0 Å².